The first-order valence-corrected chi connectivity index (χ1v) is 24.0. The first-order valence-electron chi connectivity index (χ1n) is 24.0. The number of rotatable bonds is 18. The number of hydrogen-bond acceptors (Lipinski definition) is 14. The van der Waals surface area contributed by atoms with Gasteiger partial charge in [0.1, 0.15) is 6.04 Å². The van der Waals surface area contributed by atoms with Crippen LogP contribution < -0.4 is 20.9 Å². The average molecular weight is 932 g/mol. The molecule has 8 rings (SSSR count). The molecule has 0 saturated carbocycles. The van der Waals surface area contributed by atoms with Crippen molar-refractivity contribution >= 4 is 58.9 Å². The minimum atomic E-state index is -1.03. The Morgan fingerprint density at radius 2 is 1.60 bits per heavy atom. The van der Waals surface area contributed by atoms with Crippen LogP contribution in [0, 0.1) is 5.92 Å². The third kappa shape index (κ3) is 11.9. The fourth-order valence-corrected chi connectivity index (χ4v) is 9.81. The lowest BCUT2D eigenvalue weighted by Gasteiger charge is -2.43. The average Bonchev–Trinajstić information content (AvgIpc) is 3.63. The highest BCUT2D eigenvalue weighted by Crippen LogP contribution is 2.32. The highest BCUT2D eigenvalue weighted by molar-refractivity contribution is 6.25. The molecule has 2 aromatic heterocycles. The highest BCUT2D eigenvalue weighted by atomic mass is 16.5. The Morgan fingerprint density at radius 1 is 0.794 bits per heavy atom. The predicted octanol–water partition coefficient (Wildman–Crippen LogP) is 2.76. The number of carbonyl (C=O) groups is 7. The summed E-state index contributed by atoms with van der Waals surface area (Å²) in [7, 11) is 0. The molecule has 0 radical (unpaired) electrons. The second-order valence-electron chi connectivity index (χ2n) is 18.0. The van der Waals surface area contributed by atoms with Gasteiger partial charge in [-0.2, -0.15) is 0 Å². The fourth-order valence-electron chi connectivity index (χ4n) is 9.81. The van der Waals surface area contributed by atoms with E-state index >= 15 is 0 Å². The zero-order valence-corrected chi connectivity index (χ0v) is 38.5. The number of ether oxygens (including phenoxy) is 1. The van der Waals surface area contributed by atoms with E-state index in [1.165, 1.54) is 6.08 Å². The Bertz CT molecular complexity index is 2320. The van der Waals surface area contributed by atoms with E-state index in [1.807, 2.05) is 28.0 Å². The predicted molar refractivity (Wildman–Crippen MR) is 251 cm³/mol. The summed E-state index contributed by atoms with van der Waals surface area (Å²) in [6.45, 7) is 7.53. The summed E-state index contributed by atoms with van der Waals surface area (Å²) in [5.41, 5.74) is 2.11. The highest BCUT2D eigenvalue weighted by Gasteiger charge is 2.45. The summed E-state index contributed by atoms with van der Waals surface area (Å²) in [4.78, 5) is 102. The maximum atomic E-state index is 13.3. The van der Waals surface area contributed by atoms with Gasteiger partial charge in [0.2, 0.25) is 23.6 Å². The lowest BCUT2D eigenvalue weighted by atomic mass is 9.91. The summed E-state index contributed by atoms with van der Waals surface area (Å²) in [5, 5.41) is 17.1. The molecule has 4 fully saturated rings. The molecule has 0 bridgehead atoms. The van der Waals surface area contributed by atoms with Gasteiger partial charge in [-0.1, -0.05) is 25.0 Å². The van der Waals surface area contributed by atoms with Crippen molar-refractivity contribution in [2.45, 2.75) is 76.3 Å². The molecule has 19 heteroatoms. The van der Waals surface area contributed by atoms with Crippen molar-refractivity contribution in [2.24, 2.45) is 5.92 Å². The van der Waals surface area contributed by atoms with Gasteiger partial charge in [-0.15, -0.1) is 10.2 Å². The smallest absolute Gasteiger partial charge is 0.274 e. The van der Waals surface area contributed by atoms with Gasteiger partial charge in [-0.25, -0.2) is 0 Å². The van der Waals surface area contributed by atoms with E-state index in [0.29, 0.717) is 62.6 Å². The van der Waals surface area contributed by atoms with E-state index in [0.717, 1.165) is 87.4 Å². The van der Waals surface area contributed by atoms with Gasteiger partial charge in [-0.05, 0) is 86.4 Å². The summed E-state index contributed by atoms with van der Waals surface area (Å²) < 4.78 is 5.76. The minimum absolute atomic E-state index is 0.0496. The number of piperazine rings is 1. The van der Waals surface area contributed by atoms with Crippen molar-refractivity contribution in [3.8, 4) is 0 Å². The largest absolute Gasteiger partial charge is 0.382 e. The summed E-state index contributed by atoms with van der Waals surface area (Å²) in [6.07, 6.45) is 14.0. The van der Waals surface area contributed by atoms with E-state index in [1.54, 1.807) is 42.7 Å². The Balaban J connectivity index is 0.667. The Morgan fingerprint density at radius 3 is 2.34 bits per heavy atom. The lowest BCUT2D eigenvalue weighted by molar-refractivity contribution is -0.136. The van der Waals surface area contributed by atoms with Crippen LogP contribution in [-0.2, 0) is 23.9 Å². The number of likely N-dealkylation sites (tertiary alicyclic amines) is 1. The SMILES string of the molecule is O=C(/C=C/c1cccnc1)NCCCCC1CCN(C(=O)c2ccc(N3CCC(N4CCN(C(=O)CCOCCNc5cccc6c5C(=O)N(C5CCC(=O)NC5=O)C6=O)CC4)CC3)nn2)CC1. The van der Waals surface area contributed by atoms with Crippen LogP contribution in [-0.4, -0.2) is 167 Å². The first kappa shape index (κ1) is 47.9. The molecule has 360 valence electrons. The standard InChI is InChI=1S/C49H61N11O8/c61-42(13-9-35-6-4-20-50-33-35)52-21-2-1-5-34-15-23-59(24-16-34)48(66)39-10-12-41(55-54-39)57-25-17-36(18-26-57)56-27-29-58(30-28-56)44(63)19-31-68-32-22-51-38-8-3-7-37-45(38)49(67)60(47(37)65)40-11-14-43(62)53-46(40)64/h3-4,6-10,12-13,20,33-34,36,40,51H,1-2,5,11,14-19,21-32H2,(H,52,61)(H,53,62,64)/b13-9+. The molecule has 4 saturated heterocycles. The van der Waals surface area contributed by atoms with Crippen LogP contribution in [0.3, 0.4) is 0 Å². The van der Waals surface area contributed by atoms with Gasteiger partial charge in [0.05, 0.1) is 30.8 Å². The van der Waals surface area contributed by atoms with Crippen LogP contribution >= 0.6 is 0 Å². The third-order valence-electron chi connectivity index (χ3n) is 13.7. The molecule has 7 heterocycles. The van der Waals surface area contributed by atoms with E-state index in [2.05, 4.69) is 40.9 Å². The molecule has 0 spiro atoms. The Labute approximate surface area is 396 Å². The summed E-state index contributed by atoms with van der Waals surface area (Å²) in [5.74, 6) is -1.00. The van der Waals surface area contributed by atoms with Gasteiger partial charge in [0.15, 0.2) is 11.5 Å². The van der Waals surface area contributed by atoms with Crippen molar-refractivity contribution < 1.29 is 38.3 Å². The molecule has 5 aliphatic rings. The monoisotopic (exact) mass is 931 g/mol. The maximum absolute atomic E-state index is 13.3. The quantitative estimate of drug-likeness (QED) is 0.0950. The lowest BCUT2D eigenvalue weighted by Crippen LogP contribution is -2.54. The van der Waals surface area contributed by atoms with E-state index < -0.39 is 29.7 Å². The number of imide groups is 2. The second-order valence-corrected chi connectivity index (χ2v) is 18.0. The second kappa shape index (κ2) is 22.9. The van der Waals surface area contributed by atoms with Crippen molar-refractivity contribution in [1.29, 1.82) is 0 Å². The molecule has 68 heavy (non-hydrogen) atoms. The third-order valence-corrected chi connectivity index (χ3v) is 13.7. The number of nitrogens with one attached hydrogen (secondary N) is 3. The first-order chi connectivity index (χ1) is 33.1. The van der Waals surface area contributed by atoms with Crippen molar-refractivity contribution in [3.63, 3.8) is 0 Å². The molecule has 7 amide bonds. The van der Waals surface area contributed by atoms with Gasteiger partial charge < -0.3 is 30.1 Å². The molecule has 3 aromatic rings. The zero-order chi connectivity index (χ0) is 47.4. The molecular weight excluding hydrogens is 871 g/mol. The molecule has 19 nitrogen and oxygen atoms in total. The number of aromatic nitrogens is 3. The normalized spacial score (nSPS) is 19.7. The molecule has 5 aliphatic heterocycles. The van der Waals surface area contributed by atoms with Crippen LogP contribution in [0.4, 0.5) is 11.5 Å². The van der Waals surface area contributed by atoms with Crippen LogP contribution in [0.5, 0.6) is 0 Å². The fraction of sp³-hybridized carbons (Fsp3) is 0.510. The number of nitrogens with zero attached hydrogens (tertiary/aromatic N) is 8. The van der Waals surface area contributed by atoms with Gasteiger partial charge in [0, 0.05) is 102 Å². The molecular formula is C49H61N11O8. The molecule has 1 atom stereocenters. The van der Waals surface area contributed by atoms with Crippen molar-refractivity contribution in [2.75, 3.05) is 88.9 Å². The van der Waals surface area contributed by atoms with Gasteiger partial charge in [-0.3, -0.25) is 53.7 Å². The summed E-state index contributed by atoms with van der Waals surface area (Å²) >= 11 is 0. The number of pyridine rings is 1. The molecule has 3 N–H and O–H groups in total. The molecule has 0 aliphatic carbocycles. The van der Waals surface area contributed by atoms with E-state index in [-0.39, 0.29) is 61.3 Å². The number of hydrogen-bond donors (Lipinski definition) is 3. The molecule has 1 unspecified atom stereocenters. The number of amides is 7. The number of unbranched alkanes of at least 4 members (excludes halogenated alkanes) is 1. The maximum Gasteiger partial charge on any atom is 0.274 e. The zero-order valence-electron chi connectivity index (χ0n) is 38.5. The number of fused-ring (bicyclic) bond motifs is 1. The van der Waals surface area contributed by atoms with E-state index in [4.69, 9.17) is 4.74 Å². The van der Waals surface area contributed by atoms with Crippen molar-refractivity contribution in [3.05, 3.63) is 83.3 Å². The van der Waals surface area contributed by atoms with Gasteiger partial charge >= 0.3 is 0 Å². The Kier molecular flexibility index (Phi) is 16.1. The van der Waals surface area contributed by atoms with Crippen LogP contribution in [0.15, 0.2) is 60.9 Å². The topological polar surface area (TPSA) is 220 Å². The Hall–Kier alpha value is -6.60. The van der Waals surface area contributed by atoms with Crippen molar-refractivity contribution in [1.82, 2.24) is 45.4 Å². The van der Waals surface area contributed by atoms with Crippen LogP contribution in [0.2, 0.25) is 0 Å². The number of anilines is 2. The number of piperidine rings is 3. The minimum Gasteiger partial charge on any atom is -0.382 e. The van der Waals surface area contributed by atoms with E-state index in [9.17, 15) is 33.6 Å². The molecule has 1 aromatic carbocycles. The number of benzene rings is 1. The van der Waals surface area contributed by atoms with Crippen LogP contribution in [0.25, 0.3) is 6.08 Å². The van der Waals surface area contributed by atoms with Crippen LogP contribution in [0.1, 0.15) is 101 Å². The number of carbonyl (C=O) groups excluding carboxylic acids is 7. The summed E-state index contributed by atoms with van der Waals surface area (Å²) in [6, 6.07) is 11.7. The van der Waals surface area contributed by atoms with Gasteiger partial charge in [0.25, 0.3) is 17.7 Å².